The lowest BCUT2D eigenvalue weighted by molar-refractivity contribution is -0.111. The number of morpholine rings is 1. The Hall–Kier alpha value is -2.53. The van der Waals surface area contributed by atoms with E-state index in [9.17, 15) is 18.0 Å². The van der Waals surface area contributed by atoms with Gasteiger partial charge in [-0.2, -0.15) is 4.31 Å². The van der Waals surface area contributed by atoms with Crippen molar-refractivity contribution in [3.05, 3.63) is 51.9 Å². The summed E-state index contributed by atoms with van der Waals surface area (Å²) in [7, 11) is -2.22. The average Bonchev–Trinajstić information content (AvgIpc) is 3.20. The van der Waals surface area contributed by atoms with Gasteiger partial charge >= 0.3 is 5.97 Å². The van der Waals surface area contributed by atoms with Crippen molar-refractivity contribution in [3.63, 3.8) is 0 Å². The topological polar surface area (TPSA) is 102 Å². The van der Waals surface area contributed by atoms with Crippen LogP contribution in [0.2, 0.25) is 0 Å². The minimum absolute atomic E-state index is 0.206. The highest BCUT2D eigenvalue weighted by Crippen LogP contribution is 2.38. The number of anilines is 1. The minimum atomic E-state index is -3.56. The predicted molar refractivity (Wildman–Crippen MR) is 126 cm³/mol. The SMILES string of the molecule is COC(=O)c1c(NC(=O)C=Cc2ccc(S(=O)(=O)N3CCOCC3)cc2)sc2c1CCCC2. The van der Waals surface area contributed by atoms with E-state index in [0.717, 1.165) is 36.1 Å². The number of carbonyl (C=O) groups is 2. The van der Waals surface area contributed by atoms with Gasteiger partial charge in [0.1, 0.15) is 5.00 Å². The molecule has 1 aliphatic carbocycles. The third-order valence-corrected chi connectivity index (χ3v) is 8.83. The van der Waals surface area contributed by atoms with E-state index in [-0.39, 0.29) is 10.8 Å². The molecule has 4 rings (SSSR count). The van der Waals surface area contributed by atoms with Crippen LogP contribution in [0.4, 0.5) is 5.00 Å². The second-order valence-electron chi connectivity index (χ2n) is 7.81. The number of hydrogen-bond donors (Lipinski definition) is 1. The van der Waals surface area contributed by atoms with E-state index in [1.807, 2.05) is 0 Å². The highest BCUT2D eigenvalue weighted by atomic mass is 32.2. The van der Waals surface area contributed by atoms with Crippen LogP contribution >= 0.6 is 11.3 Å². The molecule has 1 aliphatic heterocycles. The maximum Gasteiger partial charge on any atom is 0.341 e. The van der Waals surface area contributed by atoms with E-state index in [1.54, 1.807) is 18.2 Å². The van der Waals surface area contributed by atoms with Gasteiger partial charge in [-0.25, -0.2) is 13.2 Å². The van der Waals surface area contributed by atoms with Gasteiger partial charge in [-0.15, -0.1) is 11.3 Å². The number of esters is 1. The largest absolute Gasteiger partial charge is 0.465 e. The molecule has 33 heavy (non-hydrogen) atoms. The summed E-state index contributed by atoms with van der Waals surface area (Å²) in [5, 5.41) is 3.32. The van der Waals surface area contributed by atoms with Crippen molar-refractivity contribution in [2.24, 2.45) is 0 Å². The molecule has 0 spiro atoms. The van der Waals surface area contributed by atoms with E-state index < -0.39 is 16.0 Å². The third kappa shape index (κ3) is 5.19. The molecule has 1 fully saturated rings. The number of methoxy groups -OCH3 is 1. The molecule has 0 saturated carbocycles. The van der Waals surface area contributed by atoms with Gasteiger partial charge in [0.05, 0.1) is 30.8 Å². The third-order valence-electron chi connectivity index (χ3n) is 5.71. The first kappa shape index (κ1) is 23.6. The molecular formula is C23H26N2O6S2. The lowest BCUT2D eigenvalue weighted by atomic mass is 9.95. The zero-order valence-corrected chi connectivity index (χ0v) is 20.0. The fourth-order valence-corrected chi connectivity index (χ4v) is 6.67. The summed E-state index contributed by atoms with van der Waals surface area (Å²) in [5.74, 6) is -0.811. The molecule has 1 amide bonds. The number of carbonyl (C=O) groups excluding carboxylic acids is 2. The van der Waals surface area contributed by atoms with E-state index in [1.165, 1.54) is 41.0 Å². The Morgan fingerprint density at radius 1 is 1.12 bits per heavy atom. The molecule has 2 aliphatic rings. The summed E-state index contributed by atoms with van der Waals surface area (Å²) in [5.41, 5.74) is 2.12. The van der Waals surface area contributed by atoms with Crippen LogP contribution in [-0.2, 0) is 37.1 Å². The summed E-state index contributed by atoms with van der Waals surface area (Å²) in [6.45, 7) is 1.45. The first-order valence-corrected chi connectivity index (χ1v) is 13.1. The van der Waals surface area contributed by atoms with Crippen molar-refractivity contribution in [3.8, 4) is 0 Å². The van der Waals surface area contributed by atoms with Crippen LogP contribution in [0.15, 0.2) is 35.2 Å². The number of hydrogen-bond acceptors (Lipinski definition) is 7. The Balaban J connectivity index is 1.45. The minimum Gasteiger partial charge on any atom is -0.465 e. The quantitative estimate of drug-likeness (QED) is 0.493. The number of aryl methyl sites for hydroxylation is 1. The number of ether oxygens (including phenoxy) is 2. The van der Waals surface area contributed by atoms with Crippen LogP contribution in [0.25, 0.3) is 6.08 Å². The molecule has 1 aromatic carbocycles. The fourth-order valence-electron chi connectivity index (χ4n) is 3.98. The maximum absolute atomic E-state index is 12.7. The van der Waals surface area contributed by atoms with E-state index in [0.29, 0.717) is 42.4 Å². The van der Waals surface area contributed by atoms with Gasteiger partial charge in [0.25, 0.3) is 0 Å². The van der Waals surface area contributed by atoms with Crippen molar-refractivity contribution in [1.29, 1.82) is 0 Å². The van der Waals surface area contributed by atoms with Crippen LogP contribution in [0, 0.1) is 0 Å². The average molecular weight is 491 g/mol. The maximum atomic E-state index is 12.7. The number of nitrogens with one attached hydrogen (secondary N) is 1. The molecule has 10 heteroatoms. The number of nitrogens with zero attached hydrogens (tertiary/aromatic N) is 1. The number of rotatable bonds is 6. The summed E-state index contributed by atoms with van der Waals surface area (Å²) in [4.78, 5) is 26.2. The monoisotopic (exact) mass is 490 g/mol. The number of fused-ring (bicyclic) bond motifs is 1. The molecule has 2 aromatic rings. The molecule has 0 radical (unpaired) electrons. The molecule has 1 saturated heterocycles. The Labute approximate surface area is 197 Å². The second-order valence-corrected chi connectivity index (χ2v) is 10.9. The van der Waals surface area contributed by atoms with Gasteiger partial charge < -0.3 is 14.8 Å². The van der Waals surface area contributed by atoms with Crippen molar-refractivity contribution in [2.75, 3.05) is 38.7 Å². The summed E-state index contributed by atoms with van der Waals surface area (Å²) in [6, 6.07) is 6.37. The van der Waals surface area contributed by atoms with Crippen molar-refractivity contribution in [1.82, 2.24) is 4.31 Å². The summed E-state index contributed by atoms with van der Waals surface area (Å²) >= 11 is 1.43. The lowest BCUT2D eigenvalue weighted by Crippen LogP contribution is -2.40. The van der Waals surface area contributed by atoms with Crippen LogP contribution in [0.5, 0.6) is 0 Å². The first-order chi connectivity index (χ1) is 15.9. The number of thiophene rings is 1. The van der Waals surface area contributed by atoms with Gasteiger partial charge in [-0.05, 0) is 55.0 Å². The molecule has 8 nitrogen and oxygen atoms in total. The Kier molecular flexibility index (Phi) is 7.28. The van der Waals surface area contributed by atoms with Crippen LogP contribution in [-0.4, -0.2) is 58.0 Å². The van der Waals surface area contributed by atoms with Gasteiger partial charge in [0.2, 0.25) is 15.9 Å². The molecule has 0 atom stereocenters. The number of sulfonamides is 1. The van der Waals surface area contributed by atoms with Gasteiger partial charge in [0.15, 0.2) is 0 Å². The van der Waals surface area contributed by atoms with Crippen LogP contribution in [0.1, 0.15) is 39.2 Å². The standard InChI is InChI=1S/C23H26N2O6S2/c1-30-23(27)21-18-4-2-3-5-19(18)32-22(21)24-20(26)11-8-16-6-9-17(10-7-16)33(28,29)25-12-14-31-15-13-25/h6-11H,2-5,12-15H2,1H3,(H,24,26). The first-order valence-electron chi connectivity index (χ1n) is 10.8. The van der Waals surface area contributed by atoms with Crippen molar-refractivity contribution >= 4 is 44.3 Å². The molecule has 2 heterocycles. The molecule has 1 aromatic heterocycles. The summed E-state index contributed by atoms with van der Waals surface area (Å²) in [6.07, 6.45) is 6.76. The Morgan fingerprint density at radius 3 is 2.52 bits per heavy atom. The molecule has 1 N–H and O–H groups in total. The highest BCUT2D eigenvalue weighted by molar-refractivity contribution is 7.89. The van der Waals surface area contributed by atoms with Crippen LogP contribution in [0.3, 0.4) is 0 Å². The van der Waals surface area contributed by atoms with Crippen molar-refractivity contribution in [2.45, 2.75) is 30.6 Å². The van der Waals surface area contributed by atoms with Gasteiger partial charge in [0, 0.05) is 24.0 Å². The number of amides is 1. The molecule has 176 valence electrons. The number of benzene rings is 1. The smallest absolute Gasteiger partial charge is 0.341 e. The Bertz CT molecular complexity index is 1160. The fraction of sp³-hybridized carbons (Fsp3) is 0.391. The molecular weight excluding hydrogens is 464 g/mol. The van der Waals surface area contributed by atoms with Crippen LogP contribution < -0.4 is 5.32 Å². The molecule has 0 unspecified atom stereocenters. The summed E-state index contributed by atoms with van der Waals surface area (Å²) < 4.78 is 37.0. The molecule has 0 bridgehead atoms. The second kappa shape index (κ2) is 10.2. The Morgan fingerprint density at radius 2 is 1.82 bits per heavy atom. The normalized spacial score (nSPS) is 17.0. The zero-order valence-electron chi connectivity index (χ0n) is 18.3. The highest BCUT2D eigenvalue weighted by Gasteiger charge is 2.27. The van der Waals surface area contributed by atoms with E-state index in [2.05, 4.69) is 5.32 Å². The van der Waals surface area contributed by atoms with Crippen molar-refractivity contribution < 1.29 is 27.5 Å². The van der Waals surface area contributed by atoms with Gasteiger partial charge in [-0.3, -0.25) is 4.79 Å². The predicted octanol–water partition coefficient (Wildman–Crippen LogP) is 3.09. The van der Waals surface area contributed by atoms with Gasteiger partial charge in [-0.1, -0.05) is 12.1 Å². The van der Waals surface area contributed by atoms with E-state index >= 15 is 0 Å². The zero-order chi connectivity index (χ0) is 23.4. The lowest BCUT2D eigenvalue weighted by Gasteiger charge is -2.26. The van der Waals surface area contributed by atoms with E-state index in [4.69, 9.17) is 9.47 Å².